The molecule has 1 aliphatic rings. The largest absolute Gasteiger partial charge is 0.461 e. The molecule has 1 N–H and O–H groups in total. The summed E-state index contributed by atoms with van der Waals surface area (Å²) in [7, 11) is 0. The van der Waals surface area contributed by atoms with Crippen molar-refractivity contribution in [2.24, 2.45) is 0 Å². The van der Waals surface area contributed by atoms with Crippen LogP contribution < -0.4 is 5.32 Å². The van der Waals surface area contributed by atoms with Gasteiger partial charge in [0.25, 0.3) is 0 Å². The Hall–Kier alpha value is -3.32. The Morgan fingerprint density at radius 1 is 1.12 bits per heavy atom. The fourth-order valence-corrected chi connectivity index (χ4v) is 4.12. The molecule has 2 heterocycles. The molecule has 33 heavy (non-hydrogen) atoms. The van der Waals surface area contributed by atoms with E-state index in [1.165, 1.54) is 5.56 Å². The molecule has 0 radical (unpaired) electrons. The van der Waals surface area contributed by atoms with E-state index in [0.717, 1.165) is 29.8 Å². The van der Waals surface area contributed by atoms with Crippen molar-refractivity contribution < 1.29 is 14.3 Å². The first-order valence-corrected chi connectivity index (χ1v) is 11.5. The van der Waals surface area contributed by atoms with E-state index < -0.39 is 5.97 Å². The molecular weight excluding hydrogens is 440 g/mol. The van der Waals surface area contributed by atoms with Crippen molar-refractivity contribution in [1.29, 1.82) is 0 Å². The van der Waals surface area contributed by atoms with Gasteiger partial charge in [-0.3, -0.25) is 0 Å². The van der Waals surface area contributed by atoms with Crippen molar-refractivity contribution in [3.63, 3.8) is 0 Å². The lowest BCUT2D eigenvalue weighted by Gasteiger charge is -2.28. The Morgan fingerprint density at radius 2 is 1.88 bits per heavy atom. The summed E-state index contributed by atoms with van der Waals surface area (Å²) in [5.74, 6) is -0.480. The average Bonchev–Trinajstić information content (AvgIpc) is 3.22. The molecule has 0 spiro atoms. The standard InChI is InChI=1S/C25H27ClN4O3/c1-2-33-24(31)23-21-17-29(25(32)27-15-6-9-18-7-4-3-5-8-18)16-14-22(21)30(28-23)20-12-10-19(26)11-13-20/h3-5,7-8,10-13H,2,6,9,14-17H2,1H3,(H,27,32). The highest BCUT2D eigenvalue weighted by molar-refractivity contribution is 6.30. The maximum Gasteiger partial charge on any atom is 0.359 e. The maximum atomic E-state index is 12.8. The summed E-state index contributed by atoms with van der Waals surface area (Å²) in [4.78, 5) is 27.1. The molecule has 0 fully saturated rings. The third-order valence-corrected chi connectivity index (χ3v) is 5.90. The molecule has 4 rings (SSSR count). The van der Waals surface area contributed by atoms with E-state index in [2.05, 4.69) is 22.5 Å². The average molecular weight is 467 g/mol. The number of benzene rings is 2. The van der Waals surface area contributed by atoms with Crippen LogP contribution in [0.15, 0.2) is 54.6 Å². The van der Waals surface area contributed by atoms with Gasteiger partial charge in [-0.1, -0.05) is 41.9 Å². The summed E-state index contributed by atoms with van der Waals surface area (Å²) in [6.07, 6.45) is 2.35. The SMILES string of the molecule is CCOC(=O)c1nn(-c2ccc(Cl)cc2)c2c1CN(C(=O)NCCCc1ccccc1)CC2. The van der Waals surface area contributed by atoms with Crippen LogP contribution in [0.25, 0.3) is 5.69 Å². The smallest absolute Gasteiger partial charge is 0.359 e. The molecule has 0 bridgehead atoms. The second-order valence-electron chi connectivity index (χ2n) is 7.88. The number of fused-ring (bicyclic) bond motifs is 1. The predicted molar refractivity (Wildman–Crippen MR) is 127 cm³/mol. The Bertz CT molecular complexity index is 1110. The second kappa shape index (κ2) is 10.5. The second-order valence-corrected chi connectivity index (χ2v) is 8.31. The van der Waals surface area contributed by atoms with Gasteiger partial charge in [0.05, 0.1) is 24.5 Å². The van der Waals surface area contributed by atoms with Crippen molar-refractivity contribution in [2.75, 3.05) is 19.7 Å². The van der Waals surface area contributed by atoms with Crippen LogP contribution in [0.2, 0.25) is 5.02 Å². The highest BCUT2D eigenvalue weighted by atomic mass is 35.5. The molecule has 0 saturated carbocycles. The summed E-state index contributed by atoms with van der Waals surface area (Å²) in [6.45, 7) is 3.45. The third-order valence-electron chi connectivity index (χ3n) is 5.65. The summed E-state index contributed by atoms with van der Waals surface area (Å²) in [5, 5.41) is 8.18. The summed E-state index contributed by atoms with van der Waals surface area (Å²) in [6, 6.07) is 17.4. The number of hydrogen-bond donors (Lipinski definition) is 1. The van der Waals surface area contributed by atoms with E-state index in [9.17, 15) is 9.59 Å². The normalized spacial score (nSPS) is 12.8. The van der Waals surface area contributed by atoms with Gasteiger partial charge in [0, 0.05) is 30.1 Å². The maximum absolute atomic E-state index is 12.8. The number of rotatable bonds is 7. The zero-order valence-corrected chi connectivity index (χ0v) is 19.3. The van der Waals surface area contributed by atoms with Crippen LogP contribution >= 0.6 is 11.6 Å². The third kappa shape index (κ3) is 5.37. The van der Waals surface area contributed by atoms with Crippen molar-refractivity contribution in [2.45, 2.75) is 32.7 Å². The highest BCUT2D eigenvalue weighted by Gasteiger charge is 2.31. The van der Waals surface area contributed by atoms with Gasteiger partial charge >= 0.3 is 12.0 Å². The van der Waals surface area contributed by atoms with E-state index in [1.54, 1.807) is 28.6 Å². The number of halogens is 1. The van der Waals surface area contributed by atoms with Crippen molar-refractivity contribution in [3.8, 4) is 5.69 Å². The molecule has 0 saturated heterocycles. The zero-order valence-electron chi connectivity index (χ0n) is 18.6. The number of amides is 2. The van der Waals surface area contributed by atoms with Gasteiger partial charge in [0.2, 0.25) is 0 Å². The molecular formula is C25H27ClN4O3. The van der Waals surface area contributed by atoms with E-state index >= 15 is 0 Å². The minimum absolute atomic E-state index is 0.136. The lowest BCUT2D eigenvalue weighted by molar-refractivity contribution is 0.0516. The topological polar surface area (TPSA) is 76.5 Å². The first-order valence-electron chi connectivity index (χ1n) is 11.2. The number of carbonyl (C=O) groups excluding carboxylic acids is 2. The van der Waals surface area contributed by atoms with Gasteiger partial charge in [0.1, 0.15) is 0 Å². The lowest BCUT2D eigenvalue weighted by atomic mass is 10.0. The van der Waals surface area contributed by atoms with Crippen LogP contribution in [-0.4, -0.2) is 46.4 Å². The number of hydrogen-bond acceptors (Lipinski definition) is 4. The van der Waals surface area contributed by atoms with Crippen LogP contribution in [0.5, 0.6) is 0 Å². The van der Waals surface area contributed by atoms with E-state index in [1.807, 2.05) is 30.3 Å². The number of aromatic nitrogens is 2. The van der Waals surface area contributed by atoms with Gasteiger partial charge in [0.15, 0.2) is 5.69 Å². The first kappa shape index (κ1) is 22.9. The zero-order chi connectivity index (χ0) is 23.2. The summed E-state index contributed by atoms with van der Waals surface area (Å²) in [5.41, 5.74) is 3.96. The van der Waals surface area contributed by atoms with Crippen LogP contribution in [0.3, 0.4) is 0 Å². The van der Waals surface area contributed by atoms with Crippen LogP contribution in [0.4, 0.5) is 4.79 Å². The minimum Gasteiger partial charge on any atom is -0.461 e. The fraction of sp³-hybridized carbons (Fsp3) is 0.320. The Kier molecular flexibility index (Phi) is 7.29. The van der Waals surface area contributed by atoms with Crippen LogP contribution in [-0.2, 0) is 24.1 Å². The number of nitrogens with one attached hydrogen (secondary N) is 1. The van der Waals surface area contributed by atoms with Gasteiger partial charge in [-0.2, -0.15) is 5.10 Å². The molecule has 2 aromatic carbocycles. The Balaban J connectivity index is 1.46. The number of urea groups is 1. The predicted octanol–water partition coefficient (Wildman–Crippen LogP) is 4.40. The molecule has 172 valence electrons. The molecule has 0 atom stereocenters. The number of nitrogens with zero attached hydrogens (tertiary/aromatic N) is 3. The number of carbonyl (C=O) groups is 2. The molecule has 0 aliphatic carbocycles. The van der Waals surface area contributed by atoms with Gasteiger partial charge in [-0.05, 0) is 49.6 Å². The van der Waals surface area contributed by atoms with Crippen molar-refractivity contribution in [1.82, 2.24) is 20.0 Å². The number of ether oxygens (including phenoxy) is 1. The highest BCUT2D eigenvalue weighted by Crippen LogP contribution is 2.26. The molecule has 1 aliphatic heterocycles. The van der Waals surface area contributed by atoms with Gasteiger partial charge < -0.3 is 15.0 Å². The van der Waals surface area contributed by atoms with Crippen LogP contribution in [0, 0.1) is 0 Å². The molecule has 7 nitrogen and oxygen atoms in total. The lowest BCUT2D eigenvalue weighted by Crippen LogP contribution is -2.43. The van der Waals surface area contributed by atoms with Crippen molar-refractivity contribution in [3.05, 3.63) is 82.1 Å². The monoisotopic (exact) mass is 466 g/mol. The van der Waals surface area contributed by atoms with Gasteiger partial charge in [-0.25, -0.2) is 14.3 Å². The van der Waals surface area contributed by atoms with E-state index in [4.69, 9.17) is 16.3 Å². The Labute approximate surface area is 198 Å². The van der Waals surface area contributed by atoms with Crippen molar-refractivity contribution >= 4 is 23.6 Å². The molecule has 0 unspecified atom stereocenters. The Morgan fingerprint density at radius 3 is 2.61 bits per heavy atom. The van der Waals surface area contributed by atoms with Gasteiger partial charge in [-0.15, -0.1) is 0 Å². The van der Waals surface area contributed by atoms with Crippen LogP contribution in [0.1, 0.15) is 40.7 Å². The fourth-order valence-electron chi connectivity index (χ4n) is 4.00. The molecule has 3 aromatic rings. The molecule has 1 aromatic heterocycles. The molecule has 8 heteroatoms. The first-order chi connectivity index (χ1) is 16.1. The summed E-state index contributed by atoms with van der Waals surface area (Å²) < 4.78 is 6.98. The summed E-state index contributed by atoms with van der Waals surface area (Å²) >= 11 is 6.03. The number of esters is 1. The quantitative estimate of drug-likeness (QED) is 0.413. The minimum atomic E-state index is -0.480. The van der Waals surface area contributed by atoms with E-state index in [0.29, 0.717) is 31.1 Å². The number of aryl methyl sites for hydroxylation is 1. The molecule has 2 amide bonds. The van der Waals surface area contributed by atoms with E-state index in [-0.39, 0.29) is 18.3 Å².